The monoisotopic (exact) mass is 268 g/mol. The van der Waals surface area contributed by atoms with E-state index in [0.717, 1.165) is 19.3 Å². The van der Waals surface area contributed by atoms with Crippen LogP contribution in [0.4, 0.5) is 4.79 Å². The number of amides is 2. The zero-order valence-electron chi connectivity index (χ0n) is 11.9. The Hall–Kier alpha value is -1.52. The summed E-state index contributed by atoms with van der Waals surface area (Å²) >= 11 is 0. The van der Waals surface area contributed by atoms with Crippen molar-refractivity contribution in [1.82, 2.24) is 10.6 Å². The molecule has 0 fully saturated rings. The van der Waals surface area contributed by atoms with E-state index in [2.05, 4.69) is 22.8 Å². The highest BCUT2D eigenvalue weighted by molar-refractivity contribution is 5.83. The van der Waals surface area contributed by atoms with Crippen molar-refractivity contribution in [3.63, 3.8) is 0 Å². The maximum absolute atomic E-state index is 11.7. The summed E-state index contributed by atoms with van der Waals surface area (Å²) in [5.74, 6) is -0.558. The second-order valence-corrected chi connectivity index (χ2v) is 6.14. The second kappa shape index (κ2) is 6.59. The predicted molar refractivity (Wildman–Crippen MR) is 73.9 cm³/mol. The molecule has 1 aliphatic rings. The number of carboxylic acid groups (broad SMARTS) is 1. The van der Waals surface area contributed by atoms with Crippen LogP contribution < -0.4 is 10.6 Å². The van der Waals surface area contributed by atoms with Crippen LogP contribution >= 0.6 is 0 Å². The highest BCUT2D eigenvalue weighted by Gasteiger charge is 2.32. The van der Waals surface area contributed by atoms with E-state index in [1.165, 1.54) is 0 Å². The molecule has 1 rings (SSSR count). The third-order valence-corrected chi connectivity index (χ3v) is 3.32. The highest BCUT2D eigenvalue weighted by atomic mass is 16.4. The normalized spacial score (nSPS) is 20.7. The molecule has 3 N–H and O–H groups in total. The van der Waals surface area contributed by atoms with Gasteiger partial charge in [-0.2, -0.15) is 0 Å². The first-order valence-corrected chi connectivity index (χ1v) is 6.73. The molecule has 1 unspecified atom stereocenters. The molecule has 19 heavy (non-hydrogen) atoms. The first-order chi connectivity index (χ1) is 8.80. The first kappa shape index (κ1) is 15.5. The standard InChI is InChI=1S/C14H24N2O3/c1-14(2,3)11(12(17)18)16-13(19)15-9-10-7-5-4-6-8-10/h4-5,10-11H,6-9H2,1-3H3,(H,17,18)(H2,15,16,19)/t10?,11-/m0/s1. The second-order valence-electron chi connectivity index (χ2n) is 6.14. The van der Waals surface area contributed by atoms with Crippen LogP contribution in [0.25, 0.3) is 0 Å². The molecule has 0 aromatic heterocycles. The minimum absolute atomic E-state index is 0.406. The van der Waals surface area contributed by atoms with Crippen molar-refractivity contribution >= 4 is 12.0 Å². The molecule has 0 saturated carbocycles. The zero-order chi connectivity index (χ0) is 14.5. The largest absolute Gasteiger partial charge is 0.480 e. The van der Waals surface area contributed by atoms with E-state index in [9.17, 15) is 9.59 Å². The molecule has 0 heterocycles. The summed E-state index contributed by atoms with van der Waals surface area (Å²) < 4.78 is 0. The van der Waals surface area contributed by atoms with Crippen molar-refractivity contribution < 1.29 is 14.7 Å². The van der Waals surface area contributed by atoms with Crippen LogP contribution in [0.1, 0.15) is 40.0 Å². The molecule has 0 saturated heterocycles. The van der Waals surface area contributed by atoms with Crippen LogP contribution in [-0.2, 0) is 4.79 Å². The smallest absolute Gasteiger partial charge is 0.326 e. The lowest BCUT2D eigenvalue weighted by Crippen LogP contribution is -2.52. The van der Waals surface area contributed by atoms with Gasteiger partial charge in [-0.1, -0.05) is 32.9 Å². The van der Waals surface area contributed by atoms with E-state index in [1.807, 2.05) is 0 Å². The van der Waals surface area contributed by atoms with E-state index >= 15 is 0 Å². The van der Waals surface area contributed by atoms with Gasteiger partial charge in [-0.3, -0.25) is 0 Å². The van der Waals surface area contributed by atoms with Crippen molar-refractivity contribution in [3.05, 3.63) is 12.2 Å². The van der Waals surface area contributed by atoms with Crippen LogP contribution in [0.3, 0.4) is 0 Å². The Labute approximate surface area is 114 Å². The molecule has 0 aliphatic heterocycles. The minimum atomic E-state index is -1.01. The molecule has 2 amide bonds. The lowest BCUT2D eigenvalue weighted by molar-refractivity contribution is -0.141. The Bertz CT molecular complexity index is 358. The lowest BCUT2D eigenvalue weighted by atomic mass is 9.87. The molecule has 0 radical (unpaired) electrons. The number of hydrogen-bond acceptors (Lipinski definition) is 2. The topological polar surface area (TPSA) is 78.4 Å². The zero-order valence-corrected chi connectivity index (χ0v) is 11.9. The quantitative estimate of drug-likeness (QED) is 0.683. The van der Waals surface area contributed by atoms with Gasteiger partial charge in [0.05, 0.1) is 0 Å². The number of urea groups is 1. The van der Waals surface area contributed by atoms with E-state index in [-0.39, 0.29) is 0 Å². The van der Waals surface area contributed by atoms with Crippen molar-refractivity contribution in [1.29, 1.82) is 0 Å². The summed E-state index contributed by atoms with van der Waals surface area (Å²) in [5.41, 5.74) is -0.517. The van der Waals surface area contributed by atoms with E-state index < -0.39 is 23.5 Å². The van der Waals surface area contributed by atoms with Gasteiger partial charge in [-0.05, 0) is 30.6 Å². The van der Waals surface area contributed by atoms with Gasteiger partial charge < -0.3 is 15.7 Å². The fourth-order valence-electron chi connectivity index (χ4n) is 2.11. The van der Waals surface area contributed by atoms with E-state index in [1.54, 1.807) is 20.8 Å². The molecular weight excluding hydrogens is 244 g/mol. The van der Waals surface area contributed by atoms with Gasteiger partial charge in [0.1, 0.15) is 6.04 Å². The summed E-state index contributed by atoms with van der Waals surface area (Å²) in [6.07, 6.45) is 7.37. The van der Waals surface area contributed by atoms with Crippen LogP contribution in [-0.4, -0.2) is 29.7 Å². The van der Waals surface area contributed by atoms with Crippen LogP contribution in [0.15, 0.2) is 12.2 Å². The number of allylic oxidation sites excluding steroid dienone is 2. The molecule has 5 nitrogen and oxygen atoms in total. The van der Waals surface area contributed by atoms with Crippen LogP contribution in [0.2, 0.25) is 0 Å². The number of rotatable bonds is 4. The Morgan fingerprint density at radius 1 is 1.37 bits per heavy atom. The molecule has 5 heteroatoms. The van der Waals surface area contributed by atoms with Gasteiger partial charge in [-0.15, -0.1) is 0 Å². The summed E-state index contributed by atoms with van der Waals surface area (Å²) in [5, 5.41) is 14.4. The number of carbonyl (C=O) groups excluding carboxylic acids is 1. The van der Waals surface area contributed by atoms with Crippen molar-refractivity contribution in [2.24, 2.45) is 11.3 Å². The predicted octanol–water partition coefficient (Wildman–Crippen LogP) is 2.14. The van der Waals surface area contributed by atoms with E-state index in [0.29, 0.717) is 12.5 Å². The summed E-state index contributed by atoms with van der Waals surface area (Å²) in [7, 11) is 0. The third kappa shape index (κ3) is 5.32. The fourth-order valence-corrected chi connectivity index (χ4v) is 2.11. The minimum Gasteiger partial charge on any atom is -0.480 e. The Morgan fingerprint density at radius 2 is 2.05 bits per heavy atom. The summed E-state index contributed by atoms with van der Waals surface area (Å²) in [6, 6.07) is -1.30. The molecule has 0 bridgehead atoms. The van der Waals surface area contributed by atoms with Crippen LogP contribution in [0, 0.1) is 11.3 Å². The van der Waals surface area contributed by atoms with Crippen molar-refractivity contribution in [2.75, 3.05) is 6.54 Å². The van der Waals surface area contributed by atoms with Crippen molar-refractivity contribution in [3.8, 4) is 0 Å². The van der Waals surface area contributed by atoms with Crippen LogP contribution in [0.5, 0.6) is 0 Å². The molecule has 0 aromatic carbocycles. The molecule has 108 valence electrons. The van der Waals surface area contributed by atoms with Gasteiger partial charge in [0.25, 0.3) is 0 Å². The van der Waals surface area contributed by atoms with E-state index in [4.69, 9.17) is 5.11 Å². The van der Waals surface area contributed by atoms with Gasteiger partial charge >= 0.3 is 12.0 Å². The van der Waals surface area contributed by atoms with Gasteiger partial charge in [0.2, 0.25) is 0 Å². The Balaban J connectivity index is 2.40. The third-order valence-electron chi connectivity index (χ3n) is 3.32. The molecule has 0 aromatic rings. The van der Waals surface area contributed by atoms with Crippen molar-refractivity contribution in [2.45, 2.75) is 46.1 Å². The van der Waals surface area contributed by atoms with Gasteiger partial charge in [0.15, 0.2) is 0 Å². The summed E-state index contributed by atoms with van der Waals surface area (Å²) in [4.78, 5) is 22.9. The molecular formula is C14H24N2O3. The number of carbonyl (C=O) groups is 2. The summed E-state index contributed by atoms with van der Waals surface area (Å²) in [6.45, 7) is 5.96. The molecule has 0 spiro atoms. The highest BCUT2D eigenvalue weighted by Crippen LogP contribution is 2.19. The van der Waals surface area contributed by atoms with Gasteiger partial charge in [0, 0.05) is 6.54 Å². The maximum Gasteiger partial charge on any atom is 0.326 e. The lowest BCUT2D eigenvalue weighted by Gasteiger charge is -2.28. The number of nitrogens with one attached hydrogen (secondary N) is 2. The first-order valence-electron chi connectivity index (χ1n) is 6.73. The average Bonchev–Trinajstić information content (AvgIpc) is 2.33. The number of hydrogen-bond donors (Lipinski definition) is 3. The fraction of sp³-hybridized carbons (Fsp3) is 0.714. The maximum atomic E-state index is 11.7. The Kier molecular flexibility index (Phi) is 5.39. The average molecular weight is 268 g/mol. The molecule has 1 aliphatic carbocycles. The van der Waals surface area contributed by atoms with Gasteiger partial charge in [-0.25, -0.2) is 9.59 Å². The Morgan fingerprint density at radius 3 is 2.53 bits per heavy atom. The number of carboxylic acids is 1. The number of aliphatic carboxylic acids is 1. The SMILES string of the molecule is CC(C)(C)[C@@H](NC(=O)NCC1CC=CCC1)C(=O)O. The molecule has 2 atom stereocenters.